The Kier molecular flexibility index (Phi) is 4.62. The number of aromatic nitrogens is 1. The molecule has 0 amide bonds. The van der Waals surface area contributed by atoms with Crippen LogP contribution in [0.2, 0.25) is 0 Å². The van der Waals surface area contributed by atoms with Gasteiger partial charge in [-0.15, -0.1) is 11.3 Å². The van der Waals surface area contributed by atoms with Crippen LogP contribution in [0.3, 0.4) is 0 Å². The van der Waals surface area contributed by atoms with Gasteiger partial charge in [0.15, 0.2) is 0 Å². The Hall–Kier alpha value is -3.38. The monoisotopic (exact) mass is 401 g/mol. The average molecular weight is 401 g/mol. The topological polar surface area (TPSA) is 50.9 Å². The quantitative estimate of drug-likeness (QED) is 0.426. The van der Waals surface area contributed by atoms with E-state index in [-0.39, 0.29) is 6.04 Å². The minimum absolute atomic E-state index is 0.0168. The number of thiazole rings is 1. The van der Waals surface area contributed by atoms with E-state index in [0.717, 1.165) is 45.6 Å². The minimum Gasteiger partial charge on any atom is -0.497 e. The number of methoxy groups -OCH3 is 1. The van der Waals surface area contributed by atoms with E-state index >= 15 is 0 Å². The van der Waals surface area contributed by atoms with Gasteiger partial charge in [0.05, 0.1) is 24.8 Å². The molecular weight excluding hydrogens is 382 g/mol. The molecule has 0 aliphatic carbocycles. The summed E-state index contributed by atoms with van der Waals surface area (Å²) < 4.78 is 11.0. The van der Waals surface area contributed by atoms with Crippen molar-refractivity contribution in [2.45, 2.75) is 12.5 Å². The molecule has 1 aliphatic heterocycles. The fourth-order valence-electron chi connectivity index (χ4n) is 3.46. The second kappa shape index (κ2) is 7.56. The molecule has 1 aliphatic rings. The molecule has 0 unspecified atom stereocenters. The van der Waals surface area contributed by atoms with Gasteiger partial charge in [-0.2, -0.15) is 5.10 Å². The minimum atomic E-state index is -0.0168. The number of hydrogen-bond acceptors (Lipinski definition) is 6. The van der Waals surface area contributed by atoms with Gasteiger partial charge in [-0.25, -0.2) is 9.99 Å². The summed E-state index contributed by atoms with van der Waals surface area (Å²) in [5.41, 5.74) is 4.13. The lowest BCUT2D eigenvalue weighted by Gasteiger charge is -2.18. The molecule has 5 nitrogen and oxygen atoms in total. The van der Waals surface area contributed by atoms with Gasteiger partial charge in [-0.3, -0.25) is 0 Å². The highest BCUT2D eigenvalue weighted by Crippen LogP contribution is 2.39. The number of furan rings is 1. The standard InChI is InChI=1S/C23H19N3O2S/c1-27-18-11-9-17(10-12-18)19-14-21(22-8-5-13-28-22)26(25-19)23-24-20(15-29-23)16-6-3-2-4-7-16/h2-13,15,21H,14H2,1H3/t21-/m0/s1. The number of ether oxygens (including phenoxy) is 1. The Bertz CT molecular complexity index is 1120. The van der Waals surface area contributed by atoms with Crippen LogP contribution in [0, 0.1) is 0 Å². The highest BCUT2D eigenvalue weighted by molar-refractivity contribution is 7.14. The van der Waals surface area contributed by atoms with E-state index in [1.165, 1.54) is 0 Å². The van der Waals surface area contributed by atoms with E-state index in [1.807, 2.05) is 59.6 Å². The Labute approximate surface area is 172 Å². The normalized spacial score (nSPS) is 16.1. The largest absolute Gasteiger partial charge is 0.497 e. The van der Waals surface area contributed by atoms with E-state index < -0.39 is 0 Å². The number of anilines is 1. The maximum Gasteiger partial charge on any atom is 0.207 e. The van der Waals surface area contributed by atoms with Crippen molar-refractivity contribution < 1.29 is 9.15 Å². The molecule has 29 heavy (non-hydrogen) atoms. The molecule has 1 atom stereocenters. The second-order valence-corrected chi connectivity index (χ2v) is 7.57. The Morgan fingerprint density at radius 3 is 2.55 bits per heavy atom. The third kappa shape index (κ3) is 3.43. The molecule has 0 fully saturated rings. The Balaban J connectivity index is 1.51. The lowest BCUT2D eigenvalue weighted by molar-refractivity contribution is 0.415. The van der Waals surface area contributed by atoms with E-state index in [2.05, 4.69) is 17.5 Å². The van der Waals surface area contributed by atoms with Gasteiger partial charge in [0.1, 0.15) is 17.6 Å². The van der Waals surface area contributed by atoms with Crippen LogP contribution in [0.1, 0.15) is 23.8 Å². The predicted molar refractivity (Wildman–Crippen MR) is 116 cm³/mol. The van der Waals surface area contributed by atoms with Crippen molar-refractivity contribution in [1.29, 1.82) is 0 Å². The molecular formula is C23H19N3O2S. The zero-order valence-electron chi connectivity index (χ0n) is 15.9. The first-order valence-corrected chi connectivity index (χ1v) is 10.3. The third-order valence-corrected chi connectivity index (χ3v) is 5.79. The van der Waals surface area contributed by atoms with Crippen molar-refractivity contribution in [3.05, 3.63) is 89.7 Å². The van der Waals surface area contributed by atoms with Gasteiger partial charge >= 0.3 is 0 Å². The van der Waals surface area contributed by atoms with Gasteiger partial charge < -0.3 is 9.15 Å². The summed E-state index contributed by atoms with van der Waals surface area (Å²) >= 11 is 1.59. The predicted octanol–water partition coefficient (Wildman–Crippen LogP) is 5.77. The zero-order chi connectivity index (χ0) is 19.6. The Morgan fingerprint density at radius 2 is 1.83 bits per heavy atom. The smallest absolute Gasteiger partial charge is 0.207 e. The van der Waals surface area contributed by atoms with E-state index in [4.69, 9.17) is 19.2 Å². The first kappa shape index (κ1) is 17.7. The molecule has 2 aromatic carbocycles. The van der Waals surface area contributed by atoms with Crippen LogP contribution in [0.4, 0.5) is 5.13 Å². The molecule has 0 N–H and O–H groups in total. The lowest BCUT2D eigenvalue weighted by atomic mass is 10.0. The van der Waals surface area contributed by atoms with Gasteiger partial charge in [0.2, 0.25) is 5.13 Å². The number of nitrogens with zero attached hydrogens (tertiary/aromatic N) is 3. The molecule has 144 valence electrons. The number of rotatable bonds is 5. The maximum atomic E-state index is 5.72. The van der Waals surface area contributed by atoms with Crippen LogP contribution in [0.5, 0.6) is 5.75 Å². The number of hydrazone groups is 1. The average Bonchev–Trinajstić information content (AvgIpc) is 3.54. The van der Waals surface area contributed by atoms with Crippen LogP contribution in [-0.2, 0) is 0 Å². The number of hydrogen-bond donors (Lipinski definition) is 0. The fraction of sp³-hybridized carbons (Fsp3) is 0.130. The summed E-state index contributed by atoms with van der Waals surface area (Å²) in [5, 5.41) is 9.84. The van der Waals surface area contributed by atoms with Crippen LogP contribution in [-0.4, -0.2) is 17.8 Å². The highest BCUT2D eigenvalue weighted by atomic mass is 32.1. The maximum absolute atomic E-state index is 5.72. The van der Waals surface area contributed by atoms with Crippen LogP contribution in [0.15, 0.2) is 87.9 Å². The molecule has 0 saturated heterocycles. The Morgan fingerprint density at radius 1 is 1.00 bits per heavy atom. The summed E-state index contributed by atoms with van der Waals surface area (Å²) in [4.78, 5) is 4.85. The van der Waals surface area contributed by atoms with Gasteiger partial charge in [-0.1, -0.05) is 30.3 Å². The molecule has 2 aromatic heterocycles. The number of benzene rings is 2. The summed E-state index contributed by atoms with van der Waals surface area (Å²) in [7, 11) is 1.67. The van der Waals surface area contributed by atoms with Crippen molar-refractivity contribution in [2.75, 3.05) is 12.1 Å². The van der Waals surface area contributed by atoms with Crippen molar-refractivity contribution in [3.8, 4) is 17.0 Å². The van der Waals surface area contributed by atoms with E-state index in [0.29, 0.717) is 0 Å². The fourth-order valence-corrected chi connectivity index (χ4v) is 4.29. The van der Waals surface area contributed by atoms with E-state index in [1.54, 1.807) is 24.7 Å². The first-order valence-electron chi connectivity index (χ1n) is 9.37. The zero-order valence-corrected chi connectivity index (χ0v) is 16.7. The second-order valence-electron chi connectivity index (χ2n) is 6.74. The molecule has 6 heteroatoms. The SMILES string of the molecule is COc1ccc(C2=NN(c3nc(-c4ccccc4)cs3)[C@H](c3ccco3)C2)cc1. The van der Waals surface area contributed by atoms with Gasteiger partial charge in [0.25, 0.3) is 0 Å². The lowest BCUT2D eigenvalue weighted by Crippen LogP contribution is -2.17. The van der Waals surface area contributed by atoms with Crippen LogP contribution >= 0.6 is 11.3 Å². The summed E-state index contributed by atoms with van der Waals surface area (Å²) in [5.74, 6) is 1.72. The van der Waals surface area contributed by atoms with Crippen molar-refractivity contribution >= 4 is 22.2 Å². The van der Waals surface area contributed by atoms with Crippen LogP contribution in [0.25, 0.3) is 11.3 Å². The summed E-state index contributed by atoms with van der Waals surface area (Å²) in [6.45, 7) is 0. The summed E-state index contributed by atoms with van der Waals surface area (Å²) in [6, 6.07) is 22.1. The van der Waals surface area contributed by atoms with Gasteiger partial charge in [0, 0.05) is 17.4 Å². The van der Waals surface area contributed by atoms with E-state index in [9.17, 15) is 0 Å². The van der Waals surface area contributed by atoms with Crippen molar-refractivity contribution in [1.82, 2.24) is 4.98 Å². The molecule has 0 spiro atoms. The van der Waals surface area contributed by atoms with Crippen molar-refractivity contribution in [3.63, 3.8) is 0 Å². The highest BCUT2D eigenvalue weighted by Gasteiger charge is 2.33. The van der Waals surface area contributed by atoms with Crippen molar-refractivity contribution in [2.24, 2.45) is 5.10 Å². The third-order valence-electron chi connectivity index (χ3n) is 4.96. The molecule has 0 bridgehead atoms. The first-order chi connectivity index (χ1) is 14.3. The molecule has 5 rings (SSSR count). The molecule has 0 radical (unpaired) electrons. The van der Waals surface area contributed by atoms with Crippen LogP contribution < -0.4 is 9.75 Å². The molecule has 4 aromatic rings. The summed E-state index contributed by atoms with van der Waals surface area (Å²) in [6.07, 6.45) is 2.45. The molecule has 3 heterocycles. The molecule has 0 saturated carbocycles. The van der Waals surface area contributed by atoms with Gasteiger partial charge in [-0.05, 0) is 42.0 Å².